The zero-order valence-electron chi connectivity index (χ0n) is 15.4. The number of carbonyl (C=O) groups is 1. The van der Waals surface area contributed by atoms with E-state index in [-0.39, 0.29) is 12.0 Å². The summed E-state index contributed by atoms with van der Waals surface area (Å²) in [7, 11) is 0. The van der Waals surface area contributed by atoms with Crippen LogP contribution in [0.4, 0.5) is 0 Å². The fourth-order valence-electron chi connectivity index (χ4n) is 3.40. The molecule has 2 heterocycles. The third-order valence-corrected chi connectivity index (χ3v) is 4.89. The lowest BCUT2D eigenvalue weighted by atomic mass is 10.0. The Morgan fingerprint density at radius 1 is 1.19 bits per heavy atom. The monoisotopic (exact) mass is 361 g/mol. The second kappa shape index (κ2) is 7.76. The van der Waals surface area contributed by atoms with Gasteiger partial charge in [-0.05, 0) is 37.5 Å². The van der Waals surface area contributed by atoms with Crippen LogP contribution in [0.15, 0.2) is 60.8 Å². The molecule has 0 aliphatic carbocycles. The van der Waals surface area contributed by atoms with Crippen LogP contribution < -0.4 is 5.32 Å². The predicted octanol–water partition coefficient (Wildman–Crippen LogP) is 3.76. The molecule has 1 aromatic heterocycles. The highest BCUT2D eigenvalue weighted by atomic mass is 16.5. The Morgan fingerprint density at radius 2 is 1.96 bits per heavy atom. The normalized spacial score (nSPS) is 16.4. The van der Waals surface area contributed by atoms with Gasteiger partial charge in [-0.3, -0.25) is 4.79 Å². The van der Waals surface area contributed by atoms with Crippen molar-refractivity contribution in [2.45, 2.75) is 25.9 Å². The molecule has 1 aliphatic rings. The summed E-state index contributed by atoms with van der Waals surface area (Å²) in [6.07, 6.45) is 3.97. The maximum atomic E-state index is 12.9. The minimum Gasteiger partial charge on any atom is -0.376 e. The molecule has 0 saturated carbocycles. The van der Waals surface area contributed by atoms with Crippen LogP contribution in [0.25, 0.3) is 16.9 Å². The smallest absolute Gasteiger partial charge is 0.255 e. The molecule has 4 rings (SSSR count). The first-order valence-corrected chi connectivity index (χ1v) is 9.33. The maximum absolute atomic E-state index is 12.9. The standard InChI is InChI=1S/C22H23N3O2/c1-16-8-5-6-12-19(16)21-20(22(26)23-14-18-11-7-13-27-18)15-25(24-21)17-9-3-2-4-10-17/h2-6,8-10,12,15,18H,7,11,13-14H2,1H3,(H,23,26). The van der Waals surface area contributed by atoms with Crippen LogP contribution in [0.1, 0.15) is 28.8 Å². The van der Waals surface area contributed by atoms with Gasteiger partial charge in [0.15, 0.2) is 0 Å². The summed E-state index contributed by atoms with van der Waals surface area (Å²) in [6, 6.07) is 17.8. The topological polar surface area (TPSA) is 56.2 Å². The van der Waals surface area contributed by atoms with E-state index in [4.69, 9.17) is 9.84 Å². The first kappa shape index (κ1) is 17.5. The Balaban J connectivity index is 1.68. The number of para-hydroxylation sites is 1. The predicted molar refractivity (Wildman–Crippen MR) is 105 cm³/mol. The summed E-state index contributed by atoms with van der Waals surface area (Å²) < 4.78 is 7.38. The maximum Gasteiger partial charge on any atom is 0.255 e. The average Bonchev–Trinajstić information content (AvgIpc) is 3.37. The van der Waals surface area contributed by atoms with Crippen molar-refractivity contribution in [2.24, 2.45) is 0 Å². The van der Waals surface area contributed by atoms with Crippen molar-refractivity contribution >= 4 is 5.91 Å². The van der Waals surface area contributed by atoms with Crippen molar-refractivity contribution in [3.8, 4) is 16.9 Å². The summed E-state index contributed by atoms with van der Waals surface area (Å²) in [6.45, 7) is 3.34. The van der Waals surface area contributed by atoms with Crippen molar-refractivity contribution in [1.29, 1.82) is 0 Å². The van der Waals surface area contributed by atoms with E-state index in [0.29, 0.717) is 17.8 Å². The third kappa shape index (κ3) is 3.78. The van der Waals surface area contributed by atoms with E-state index in [2.05, 4.69) is 5.32 Å². The molecule has 1 aliphatic heterocycles. The molecule has 1 unspecified atom stereocenters. The Hall–Kier alpha value is -2.92. The van der Waals surface area contributed by atoms with Crippen LogP contribution >= 0.6 is 0 Å². The molecular weight excluding hydrogens is 338 g/mol. The largest absolute Gasteiger partial charge is 0.376 e. The van der Waals surface area contributed by atoms with Gasteiger partial charge in [0.2, 0.25) is 0 Å². The Morgan fingerprint density at radius 3 is 2.70 bits per heavy atom. The summed E-state index contributed by atoms with van der Waals surface area (Å²) in [5, 5.41) is 7.75. The van der Waals surface area contributed by atoms with E-state index in [1.807, 2.05) is 67.7 Å². The first-order chi connectivity index (χ1) is 13.2. The first-order valence-electron chi connectivity index (χ1n) is 9.33. The Bertz CT molecular complexity index is 928. The molecular formula is C22H23N3O2. The zero-order chi connectivity index (χ0) is 18.6. The summed E-state index contributed by atoms with van der Waals surface area (Å²) in [4.78, 5) is 12.9. The number of nitrogens with zero attached hydrogens (tertiary/aromatic N) is 2. The lowest BCUT2D eigenvalue weighted by molar-refractivity contribution is 0.0858. The molecule has 0 bridgehead atoms. The molecule has 27 heavy (non-hydrogen) atoms. The Labute approximate surface area is 159 Å². The number of carbonyl (C=O) groups excluding carboxylic acids is 1. The van der Waals surface area contributed by atoms with Gasteiger partial charge in [0, 0.05) is 24.9 Å². The van der Waals surface area contributed by atoms with E-state index in [9.17, 15) is 4.79 Å². The van der Waals surface area contributed by atoms with Crippen LogP contribution in [-0.4, -0.2) is 34.9 Å². The second-order valence-electron chi connectivity index (χ2n) is 6.83. The van der Waals surface area contributed by atoms with Crippen molar-refractivity contribution in [3.05, 3.63) is 71.9 Å². The van der Waals surface area contributed by atoms with Gasteiger partial charge in [0.05, 0.1) is 17.4 Å². The lowest BCUT2D eigenvalue weighted by Crippen LogP contribution is -2.31. The number of aryl methyl sites for hydroxylation is 1. The minimum absolute atomic E-state index is 0.111. The molecule has 0 spiro atoms. The van der Waals surface area contributed by atoms with E-state index in [1.165, 1.54) is 0 Å². The van der Waals surface area contributed by atoms with E-state index < -0.39 is 0 Å². The SMILES string of the molecule is Cc1ccccc1-c1nn(-c2ccccc2)cc1C(=O)NCC1CCCO1. The van der Waals surface area contributed by atoms with Crippen LogP contribution in [0.5, 0.6) is 0 Å². The van der Waals surface area contributed by atoms with Gasteiger partial charge in [0.1, 0.15) is 5.69 Å². The van der Waals surface area contributed by atoms with Crippen molar-refractivity contribution in [3.63, 3.8) is 0 Å². The van der Waals surface area contributed by atoms with Gasteiger partial charge in [0.25, 0.3) is 5.91 Å². The molecule has 1 fully saturated rings. The van der Waals surface area contributed by atoms with Crippen LogP contribution in [0.3, 0.4) is 0 Å². The molecule has 3 aromatic rings. The highest BCUT2D eigenvalue weighted by molar-refractivity contribution is 6.00. The van der Waals surface area contributed by atoms with Crippen LogP contribution in [-0.2, 0) is 4.74 Å². The molecule has 1 N–H and O–H groups in total. The van der Waals surface area contributed by atoms with Gasteiger partial charge >= 0.3 is 0 Å². The number of hydrogen-bond donors (Lipinski definition) is 1. The lowest BCUT2D eigenvalue weighted by Gasteiger charge is -2.11. The highest BCUT2D eigenvalue weighted by Crippen LogP contribution is 2.26. The van der Waals surface area contributed by atoms with Gasteiger partial charge in [-0.15, -0.1) is 0 Å². The van der Waals surface area contributed by atoms with E-state index in [0.717, 1.165) is 36.3 Å². The number of rotatable bonds is 5. The second-order valence-corrected chi connectivity index (χ2v) is 6.83. The van der Waals surface area contributed by atoms with Crippen LogP contribution in [0.2, 0.25) is 0 Å². The fourth-order valence-corrected chi connectivity index (χ4v) is 3.40. The molecule has 5 nitrogen and oxygen atoms in total. The molecule has 5 heteroatoms. The van der Waals surface area contributed by atoms with Gasteiger partial charge in [-0.2, -0.15) is 5.10 Å². The summed E-state index contributed by atoms with van der Waals surface area (Å²) in [5.74, 6) is -0.120. The highest BCUT2D eigenvalue weighted by Gasteiger charge is 2.22. The van der Waals surface area contributed by atoms with Gasteiger partial charge in [-0.1, -0.05) is 42.5 Å². The van der Waals surface area contributed by atoms with Crippen molar-refractivity contribution in [1.82, 2.24) is 15.1 Å². The summed E-state index contributed by atoms with van der Waals surface area (Å²) in [5.41, 5.74) is 4.25. The number of hydrogen-bond acceptors (Lipinski definition) is 3. The molecule has 1 amide bonds. The quantitative estimate of drug-likeness (QED) is 0.753. The number of amides is 1. The number of aromatic nitrogens is 2. The average molecular weight is 361 g/mol. The number of nitrogens with one attached hydrogen (secondary N) is 1. The molecule has 1 saturated heterocycles. The van der Waals surface area contributed by atoms with Crippen LogP contribution in [0, 0.1) is 6.92 Å². The van der Waals surface area contributed by atoms with E-state index in [1.54, 1.807) is 4.68 Å². The molecule has 2 aromatic carbocycles. The molecule has 1 atom stereocenters. The third-order valence-electron chi connectivity index (χ3n) is 4.89. The van der Waals surface area contributed by atoms with Crippen molar-refractivity contribution < 1.29 is 9.53 Å². The number of ether oxygens (including phenoxy) is 1. The van der Waals surface area contributed by atoms with Crippen molar-refractivity contribution in [2.75, 3.05) is 13.2 Å². The molecule has 0 radical (unpaired) electrons. The van der Waals surface area contributed by atoms with E-state index >= 15 is 0 Å². The fraction of sp³-hybridized carbons (Fsp3) is 0.273. The summed E-state index contributed by atoms with van der Waals surface area (Å²) >= 11 is 0. The molecule has 138 valence electrons. The van der Waals surface area contributed by atoms with Gasteiger partial charge in [-0.25, -0.2) is 4.68 Å². The number of benzene rings is 2. The van der Waals surface area contributed by atoms with Gasteiger partial charge < -0.3 is 10.1 Å². The Kier molecular flexibility index (Phi) is 5.03. The minimum atomic E-state index is -0.120. The zero-order valence-corrected chi connectivity index (χ0v) is 15.4.